The molecule has 1 amide bonds. The topological polar surface area (TPSA) is 75.4 Å². The van der Waals surface area contributed by atoms with Crippen LogP contribution in [-0.4, -0.2) is 38.0 Å². The lowest BCUT2D eigenvalue weighted by Crippen LogP contribution is -2.37. The number of aliphatic carboxylic acids is 1. The summed E-state index contributed by atoms with van der Waals surface area (Å²) in [5, 5.41) is 10.5. The molecular weight excluding hydrogens is 366 g/mol. The number of carboxylic acid groups (broad SMARTS) is 1. The highest BCUT2D eigenvalue weighted by Crippen LogP contribution is 2.34. The van der Waals surface area contributed by atoms with Crippen LogP contribution >= 0.6 is 0 Å². The number of pyridine rings is 1. The van der Waals surface area contributed by atoms with Gasteiger partial charge in [0.1, 0.15) is 5.65 Å². The number of aromatic nitrogens is 2. The minimum Gasteiger partial charge on any atom is -0.481 e. The Kier molecular flexibility index (Phi) is 5.36. The number of hydrogen-bond donors (Lipinski definition) is 1. The second-order valence-electron chi connectivity index (χ2n) is 9.32. The molecule has 2 aliphatic rings. The van der Waals surface area contributed by atoms with Crippen molar-refractivity contribution in [3.63, 3.8) is 0 Å². The maximum atomic E-state index is 12.8. The van der Waals surface area contributed by atoms with Crippen molar-refractivity contribution in [2.45, 2.75) is 71.9 Å². The zero-order valence-corrected chi connectivity index (χ0v) is 17.5. The maximum Gasteiger partial charge on any atom is 0.309 e. The van der Waals surface area contributed by atoms with Crippen LogP contribution in [0.25, 0.3) is 11.0 Å². The Labute approximate surface area is 171 Å². The van der Waals surface area contributed by atoms with Gasteiger partial charge in [-0.1, -0.05) is 6.42 Å². The maximum absolute atomic E-state index is 12.8. The third kappa shape index (κ3) is 3.89. The molecule has 29 heavy (non-hydrogen) atoms. The van der Waals surface area contributed by atoms with Gasteiger partial charge in [0.25, 0.3) is 0 Å². The molecule has 1 aliphatic heterocycles. The summed E-state index contributed by atoms with van der Waals surface area (Å²) in [6, 6.07) is 4.15. The number of rotatable bonds is 7. The molecule has 156 valence electrons. The highest BCUT2D eigenvalue weighted by atomic mass is 16.4. The van der Waals surface area contributed by atoms with E-state index in [0.717, 1.165) is 31.1 Å². The molecule has 1 saturated carbocycles. The normalized spacial score (nSPS) is 17.2. The molecule has 0 bridgehead atoms. The van der Waals surface area contributed by atoms with E-state index in [0.29, 0.717) is 25.8 Å². The van der Waals surface area contributed by atoms with E-state index >= 15 is 0 Å². The summed E-state index contributed by atoms with van der Waals surface area (Å²) >= 11 is 0. The van der Waals surface area contributed by atoms with Gasteiger partial charge in [-0.15, -0.1) is 0 Å². The quantitative estimate of drug-likeness (QED) is 0.766. The van der Waals surface area contributed by atoms with Crippen molar-refractivity contribution in [3.8, 4) is 0 Å². The first-order valence-corrected chi connectivity index (χ1v) is 10.8. The molecule has 1 N–H and O–H groups in total. The average Bonchev–Trinajstić information content (AvgIpc) is 2.97. The fourth-order valence-electron chi connectivity index (χ4n) is 4.55. The van der Waals surface area contributed by atoms with Gasteiger partial charge in [-0.25, -0.2) is 4.98 Å². The van der Waals surface area contributed by atoms with Crippen molar-refractivity contribution in [1.29, 1.82) is 0 Å². The Hall–Kier alpha value is -2.37. The van der Waals surface area contributed by atoms with Crippen LogP contribution in [0.4, 0.5) is 0 Å². The van der Waals surface area contributed by atoms with Gasteiger partial charge in [0.05, 0.1) is 12.0 Å². The van der Waals surface area contributed by atoms with E-state index in [1.54, 1.807) is 13.8 Å². The van der Waals surface area contributed by atoms with E-state index in [-0.39, 0.29) is 5.91 Å². The van der Waals surface area contributed by atoms with Crippen molar-refractivity contribution in [1.82, 2.24) is 14.5 Å². The van der Waals surface area contributed by atoms with Crippen molar-refractivity contribution in [2.75, 3.05) is 6.54 Å². The van der Waals surface area contributed by atoms with Gasteiger partial charge in [0.15, 0.2) is 0 Å². The molecule has 6 heteroatoms. The van der Waals surface area contributed by atoms with Gasteiger partial charge in [0, 0.05) is 36.8 Å². The minimum absolute atomic E-state index is 0.130. The second kappa shape index (κ2) is 7.81. The minimum atomic E-state index is -0.805. The summed E-state index contributed by atoms with van der Waals surface area (Å²) < 4.78 is 2.36. The second-order valence-corrected chi connectivity index (χ2v) is 9.32. The molecule has 0 spiro atoms. The van der Waals surface area contributed by atoms with Crippen LogP contribution in [-0.2, 0) is 29.1 Å². The number of nitrogens with zero attached hydrogens (tertiary/aromatic N) is 3. The fraction of sp³-hybridized carbons (Fsp3) is 0.609. The van der Waals surface area contributed by atoms with Gasteiger partial charge in [-0.2, -0.15) is 0 Å². The lowest BCUT2D eigenvalue weighted by atomic mass is 9.85. The molecule has 0 atom stereocenters. The first-order valence-electron chi connectivity index (χ1n) is 10.8. The van der Waals surface area contributed by atoms with Crippen LogP contribution in [0.15, 0.2) is 18.3 Å². The number of hydrogen-bond acceptors (Lipinski definition) is 3. The van der Waals surface area contributed by atoms with E-state index in [1.165, 1.54) is 35.9 Å². The molecule has 2 aromatic rings. The zero-order valence-electron chi connectivity index (χ0n) is 17.5. The Morgan fingerprint density at radius 2 is 2.10 bits per heavy atom. The van der Waals surface area contributed by atoms with Crippen molar-refractivity contribution < 1.29 is 14.7 Å². The Bertz CT molecular complexity index is 927. The van der Waals surface area contributed by atoms with Crippen molar-refractivity contribution in [2.24, 2.45) is 11.3 Å². The third-order valence-corrected chi connectivity index (χ3v) is 6.80. The van der Waals surface area contributed by atoms with Crippen molar-refractivity contribution >= 4 is 22.9 Å². The zero-order chi connectivity index (χ0) is 20.6. The highest BCUT2D eigenvalue weighted by Gasteiger charge is 2.30. The molecule has 0 radical (unpaired) electrons. The van der Waals surface area contributed by atoms with Crippen LogP contribution in [0.2, 0.25) is 0 Å². The van der Waals surface area contributed by atoms with Gasteiger partial charge in [-0.05, 0) is 69.6 Å². The smallest absolute Gasteiger partial charge is 0.309 e. The monoisotopic (exact) mass is 397 g/mol. The molecule has 3 heterocycles. The summed E-state index contributed by atoms with van der Waals surface area (Å²) in [6.45, 7) is 5.81. The fourth-order valence-corrected chi connectivity index (χ4v) is 4.55. The predicted molar refractivity (Wildman–Crippen MR) is 111 cm³/mol. The van der Waals surface area contributed by atoms with E-state index in [2.05, 4.69) is 15.6 Å². The Morgan fingerprint density at radius 1 is 1.31 bits per heavy atom. The van der Waals surface area contributed by atoms with Gasteiger partial charge in [-0.3, -0.25) is 9.59 Å². The van der Waals surface area contributed by atoms with Gasteiger partial charge < -0.3 is 14.6 Å². The molecule has 0 saturated heterocycles. The average molecular weight is 398 g/mol. The summed E-state index contributed by atoms with van der Waals surface area (Å²) in [6.07, 6.45) is 8.13. The lowest BCUT2D eigenvalue weighted by Gasteiger charge is -2.31. The Balaban J connectivity index is 1.48. The summed E-state index contributed by atoms with van der Waals surface area (Å²) in [5.74, 6) is 0.0480. The number of amides is 1. The SMILES string of the molecule is CC(C)(CCCC(=O)N1CCc2c(n(CC3CCC3)c3ncccc23)C1)C(=O)O. The molecular formula is C23H31N3O3. The molecule has 1 aliphatic carbocycles. The largest absolute Gasteiger partial charge is 0.481 e. The van der Waals surface area contributed by atoms with Crippen LogP contribution in [0.3, 0.4) is 0 Å². The summed E-state index contributed by atoms with van der Waals surface area (Å²) in [7, 11) is 0. The van der Waals surface area contributed by atoms with E-state index in [9.17, 15) is 14.7 Å². The highest BCUT2D eigenvalue weighted by molar-refractivity contribution is 5.84. The first-order chi connectivity index (χ1) is 13.9. The van der Waals surface area contributed by atoms with E-state index in [1.807, 2.05) is 17.2 Å². The molecule has 0 aromatic carbocycles. The molecule has 2 aromatic heterocycles. The number of carbonyl (C=O) groups is 2. The lowest BCUT2D eigenvalue weighted by molar-refractivity contribution is -0.147. The van der Waals surface area contributed by atoms with E-state index in [4.69, 9.17) is 0 Å². The van der Waals surface area contributed by atoms with Crippen LogP contribution in [0, 0.1) is 11.3 Å². The summed E-state index contributed by atoms with van der Waals surface area (Å²) in [4.78, 5) is 30.7. The van der Waals surface area contributed by atoms with Gasteiger partial charge in [0.2, 0.25) is 5.91 Å². The van der Waals surface area contributed by atoms with E-state index < -0.39 is 11.4 Å². The molecule has 1 fully saturated rings. The van der Waals surface area contributed by atoms with Crippen LogP contribution < -0.4 is 0 Å². The standard InChI is InChI=1S/C23H31N3O3/c1-23(2,22(28)29)11-4-9-20(27)25-13-10-17-18-8-5-12-24-21(18)26(19(17)15-25)14-16-6-3-7-16/h5,8,12,16H,3-4,6-7,9-11,13-15H2,1-2H3,(H,28,29). The number of fused-ring (bicyclic) bond motifs is 3. The molecule has 6 nitrogen and oxygen atoms in total. The van der Waals surface area contributed by atoms with Gasteiger partial charge >= 0.3 is 5.97 Å². The molecule has 0 unspecified atom stereocenters. The Morgan fingerprint density at radius 3 is 2.79 bits per heavy atom. The number of carboxylic acids is 1. The van der Waals surface area contributed by atoms with Crippen LogP contribution in [0.1, 0.15) is 63.6 Å². The van der Waals surface area contributed by atoms with Crippen molar-refractivity contribution in [3.05, 3.63) is 29.6 Å². The third-order valence-electron chi connectivity index (χ3n) is 6.80. The number of carbonyl (C=O) groups excluding carboxylic acids is 1. The summed E-state index contributed by atoms with van der Waals surface area (Å²) in [5.41, 5.74) is 2.87. The van der Waals surface area contributed by atoms with Crippen LogP contribution in [0.5, 0.6) is 0 Å². The first kappa shape index (κ1) is 19.9. The predicted octanol–water partition coefficient (Wildman–Crippen LogP) is 4.00. The molecule has 4 rings (SSSR count).